The first-order valence-electron chi connectivity index (χ1n) is 9.73. The number of carbonyl (C=O) groups excluding carboxylic acids is 2. The Morgan fingerprint density at radius 2 is 1.43 bits per heavy atom. The molecule has 0 bridgehead atoms. The van der Waals surface area contributed by atoms with Crippen molar-refractivity contribution in [3.8, 4) is 0 Å². The van der Waals surface area contributed by atoms with Crippen LogP contribution >= 0.6 is 0 Å². The molecule has 0 spiro atoms. The number of nitrogens with zero attached hydrogens (tertiary/aromatic N) is 1. The quantitative estimate of drug-likeness (QED) is 0.396. The molecule has 4 heteroatoms. The van der Waals surface area contributed by atoms with E-state index < -0.39 is 0 Å². The van der Waals surface area contributed by atoms with Gasteiger partial charge >= 0.3 is 0 Å². The molecule has 0 aliphatic heterocycles. The van der Waals surface area contributed by atoms with Gasteiger partial charge in [0.25, 0.3) is 5.91 Å². The molecule has 4 rings (SSSR count). The average Bonchev–Trinajstić information content (AvgIpc) is 3.31. The highest BCUT2D eigenvalue weighted by atomic mass is 16.3. The van der Waals surface area contributed by atoms with Crippen LogP contribution in [0.2, 0.25) is 0 Å². The summed E-state index contributed by atoms with van der Waals surface area (Å²) >= 11 is 0. The fourth-order valence-electron chi connectivity index (χ4n) is 3.32. The van der Waals surface area contributed by atoms with Gasteiger partial charge in [0.15, 0.2) is 5.78 Å². The Kier molecular flexibility index (Phi) is 5.57. The molecule has 4 aromatic rings. The van der Waals surface area contributed by atoms with Crippen LogP contribution in [0.25, 0.3) is 0 Å². The van der Waals surface area contributed by atoms with Crippen molar-refractivity contribution in [1.29, 1.82) is 0 Å². The lowest BCUT2D eigenvalue weighted by atomic mass is 9.97. The van der Waals surface area contributed by atoms with Crippen molar-refractivity contribution < 1.29 is 14.0 Å². The smallest absolute Gasteiger partial charge is 0.259 e. The third kappa shape index (κ3) is 4.08. The van der Waals surface area contributed by atoms with Crippen molar-refractivity contribution in [2.45, 2.75) is 13.5 Å². The summed E-state index contributed by atoms with van der Waals surface area (Å²) in [6, 6.07) is 27.3. The fraction of sp³-hybridized carbons (Fsp3) is 0.0769. The van der Waals surface area contributed by atoms with Crippen LogP contribution in [0.4, 0.5) is 5.69 Å². The summed E-state index contributed by atoms with van der Waals surface area (Å²) < 4.78 is 5.48. The monoisotopic (exact) mass is 395 g/mol. The van der Waals surface area contributed by atoms with Crippen molar-refractivity contribution in [3.63, 3.8) is 0 Å². The fourth-order valence-corrected chi connectivity index (χ4v) is 3.32. The van der Waals surface area contributed by atoms with Gasteiger partial charge in [0.2, 0.25) is 0 Å². The molecule has 4 nitrogen and oxygen atoms in total. The van der Waals surface area contributed by atoms with Gasteiger partial charge in [0, 0.05) is 16.8 Å². The van der Waals surface area contributed by atoms with E-state index in [1.807, 2.05) is 55.5 Å². The molecular formula is C26H21NO3. The zero-order valence-electron chi connectivity index (χ0n) is 16.6. The molecule has 0 atom stereocenters. The summed E-state index contributed by atoms with van der Waals surface area (Å²) in [5, 5.41) is 0. The van der Waals surface area contributed by atoms with E-state index in [1.54, 1.807) is 53.6 Å². The minimum absolute atomic E-state index is 0.179. The van der Waals surface area contributed by atoms with Crippen LogP contribution < -0.4 is 4.90 Å². The van der Waals surface area contributed by atoms with Gasteiger partial charge in [-0.2, -0.15) is 0 Å². The summed E-state index contributed by atoms with van der Waals surface area (Å²) in [6.07, 6.45) is 1.58. The second kappa shape index (κ2) is 8.62. The standard InChI is InChI=1S/C26H21NO3/c1-19-13-15-21(16-14-19)27(18-22-10-7-17-30-22)26(29)24-12-6-5-11-23(24)25(28)20-8-3-2-4-9-20/h2-17H,18H2,1H3. The highest BCUT2D eigenvalue weighted by Crippen LogP contribution is 2.24. The topological polar surface area (TPSA) is 50.5 Å². The predicted molar refractivity (Wildman–Crippen MR) is 117 cm³/mol. The van der Waals surface area contributed by atoms with Crippen molar-refractivity contribution in [2.24, 2.45) is 0 Å². The lowest BCUT2D eigenvalue weighted by Gasteiger charge is -2.23. The van der Waals surface area contributed by atoms with E-state index >= 15 is 0 Å². The summed E-state index contributed by atoms with van der Waals surface area (Å²) in [5.74, 6) is 0.229. The predicted octanol–water partition coefficient (Wildman–Crippen LogP) is 5.67. The van der Waals surface area contributed by atoms with Crippen LogP contribution in [0.15, 0.2) is 102 Å². The van der Waals surface area contributed by atoms with E-state index in [-0.39, 0.29) is 18.2 Å². The number of aryl methyl sites for hydroxylation is 1. The number of furan rings is 1. The van der Waals surface area contributed by atoms with Crippen LogP contribution in [0, 0.1) is 6.92 Å². The molecule has 0 saturated carbocycles. The normalized spacial score (nSPS) is 10.6. The first-order chi connectivity index (χ1) is 14.6. The molecule has 0 unspecified atom stereocenters. The molecular weight excluding hydrogens is 374 g/mol. The number of hydrogen-bond donors (Lipinski definition) is 0. The van der Waals surface area contributed by atoms with E-state index in [1.165, 1.54) is 0 Å². The molecule has 0 N–H and O–H groups in total. The largest absolute Gasteiger partial charge is 0.467 e. The number of hydrogen-bond acceptors (Lipinski definition) is 3. The summed E-state index contributed by atoms with van der Waals surface area (Å²) in [5.41, 5.74) is 3.13. The molecule has 1 amide bonds. The Labute approximate surface area is 175 Å². The van der Waals surface area contributed by atoms with E-state index in [9.17, 15) is 9.59 Å². The maximum atomic E-state index is 13.6. The van der Waals surface area contributed by atoms with E-state index in [4.69, 9.17) is 4.42 Å². The molecule has 0 aliphatic rings. The number of anilines is 1. The Balaban J connectivity index is 1.75. The van der Waals surface area contributed by atoms with Crippen molar-refractivity contribution in [1.82, 2.24) is 0 Å². The van der Waals surface area contributed by atoms with Crippen LogP contribution in [0.3, 0.4) is 0 Å². The van der Waals surface area contributed by atoms with E-state index in [2.05, 4.69) is 0 Å². The van der Waals surface area contributed by atoms with Crippen molar-refractivity contribution in [3.05, 3.63) is 125 Å². The average molecular weight is 395 g/mol. The second-order valence-corrected chi connectivity index (χ2v) is 7.05. The summed E-state index contributed by atoms with van der Waals surface area (Å²) in [4.78, 5) is 28.4. The van der Waals surface area contributed by atoms with E-state index in [0.717, 1.165) is 11.3 Å². The molecule has 1 aromatic heterocycles. The maximum absolute atomic E-state index is 13.6. The Morgan fingerprint density at radius 1 is 0.767 bits per heavy atom. The third-order valence-electron chi connectivity index (χ3n) is 4.92. The highest BCUT2D eigenvalue weighted by Gasteiger charge is 2.24. The molecule has 0 saturated heterocycles. The molecule has 30 heavy (non-hydrogen) atoms. The molecule has 0 fully saturated rings. The number of ketones is 1. The molecule has 0 aliphatic carbocycles. The third-order valence-corrected chi connectivity index (χ3v) is 4.92. The van der Waals surface area contributed by atoms with Crippen molar-refractivity contribution >= 4 is 17.4 Å². The molecule has 3 aromatic carbocycles. The van der Waals surface area contributed by atoms with Gasteiger partial charge in [-0.15, -0.1) is 0 Å². The van der Waals surface area contributed by atoms with Gasteiger partial charge in [-0.1, -0.05) is 66.2 Å². The summed E-state index contributed by atoms with van der Waals surface area (Å²) in [6.45, 7) is 2.26. The number of carbonyl (C=O) groups is 2. The van der Waals surface area contributed by atoms with Gasteiger partial charge in [-0.05, 0) is 37.3 Å². The minimum atomic E-state index is -0.255. The maximum Gasteiger partial charge on any atom is 0.259 e. The van der Waals surface area contributed by atoms with E-state index in [0.29, 0.717) is 22.5 Å². The first kappa shape index (κ1) is 19.4. The SMILES string of the molecule is Cc1ccc(N(Cc2ccco2)C(=O)c2ccccc2C(=O)c2ccccc2)cc1. The summed E-state index contributed by atoms with van der Waals surface area (Å²) in [7, 11) is 0. The molecule has 1 heterocycles. The van der Waals surface area contributed by atoms with Crippen molar-refractivity contribution in [2.75, 3.05) is 4.90 Å². The van der Waals surface area contributed by atoms with Gasteiger partial charge < -0.3 is 9.32 Å². The van der Waals surface area contributed by atoms with Crippen LogP contribution in [-0.2, 0) is 6.54 Å². The zero-order valence-corrected chi connectivity index (χ0v) is 16.6. The van der Waals surface area contributed by atoms with Gasteiger partial charge in [0.1, 0.15) is 5.76 Å². The Bertz CT molecular complexity index is 1150. The Hall–Kier alpha value is -3.92. The highest BCUT2D eigenvalue weighted by molar-refractivity contribution is 6.18. The number of benzene rings is 3. The number of amides is 1. The van der Waals surface area contributed by atoms with Crippen LogP contribution in [0.5, 0.6) is 0 Å². The van der Waals surface area contributed by atoms with Crippen LogP contribution in [0.1, 0.15) is 37.6 Å². The van der Waals surface area contributed by atoms with Gasteiger partial charge in [-0.25, -0.2) is 0 Å². The van der Waals surface area contributed by atoms with Gasteiger partial charge in [0.05, 0.1) is 18.4 Å². The lowest BCUT2D eigenvalue weighted by Crippen LogP contribution is -2.31. The molecule has 148 valence electrons. The minimum Gasteiger partial charge on any atom is -0.467 e. The lowest BCUT2D eigenvalue weighted by molar-refractivity contribution is 0.0968. The number of rotatable bonds is 6. The Morgan fingerprint density at radius 3 is 2.10 bits per heavy atom. The first-order valence-corrected chi connectivity index (χ1v) is 9.73. The van der Waals surface area contributed by atoms with Crippen LogP contribution in [-0.4, -0.2) is 11.7 Å². The zero-order chi connectivity index (χ0) is 20.9. The van der Waals surface area contributed by atoms with Gasteiger partial charge in [-0.3, -0.25) is 9.59 Å². The molecule has 0 radical (unpaired) electrons. The second-order valence-electron chi connectivity index (χ2n) is 7.05.